The van der Waals surface area contributed by atoms with Crippen LogP contribution in [0.3, 0.4) is 0 Å². The zero-order chi connectivity index (χ0) is 17.3. The molecule has 0 aromatic carbocycles. The van der Waals surface area contributed by atoms with E-state index in [1.807, 2.05) is 14.1 Å². The largest absolute Gasteiger partial charge is 0.348 e. The van der Waals surface area contributed by atoms with Gasteiger partial charge in [0.25, 0.3) is 0 Å². The average Bonchev–Trinajstić information content (AvgIpc) is 2.81. The van der Waals surface area contributed by atoms with Crippen LogP contribution in [-0.4, -0.2) is 71.9 Å². The molecule has 1 amide bonds. The number of amides is 1. The molecular formula is C17H24Cl2N4O. The fraction of sp³-hybridized carbons (Fsp3) is 0.647. The molecule has 7 heteroatoms. The molecular weight excluding hydrogens is 347 g/mol. The first-order valence-electron chi connectivity index (χ1n) is 8.38. The third-order valence-electron chi connectivity index (χ3n) is 5.07. The Balaban J connectivity index is 1.70. The predicted octanol–water partition coefficient (Wildman–Crippen LogP) is 2.37. The number of halogens is 2. The van der Waals surface area contributed by atoms with Gasteiger partial charge in [-0.15, -0.1) is 0 Å². The van der Waals surface area contributed by atoms with E-state index in [9.17, 15) is 4.79 Å². The molecule has 1 aromatic heterocycles. The lowest BCUT2D eigenvalue weighted by Crippen LogP contribution is -2.44. The van der Waals surface area contributed by atoms with Crippen molar-refractivity contribution in [1.29, 1.82) is 0 Å². The van der Waals surface area contributed by atoms with Gasteiger partial charge in [-0.3, -0.25) is 19.6 Å². The molecule has 3 fully saturated rings. The van der Waals surface area contributed by atoms with Crippen molar-refractivity contribution in [3.05, 3.63) is 28.0 Å². The van der Waals surface area contributed by atoms with Crippen molar-refractivity contribution < 1.29 is 4.79 Å². The van der Waals surface area contributed by atoms with E-state index in [4.69, 9.17) is 23.2 Å². The number of carbonyl (C=O) groups is 1. The number of nitrogens with zero attached hydrogens (tertiary/aromatic N) is 4. The molecule has 0 radical (unpaired) electrons. The summed E-state index contributed by atoms with van der Waals surface area (Å²) in [5, 5.41) is 1.25. The van der Waals surface area contributed by atoms with Gasteiger partial charge in [-0.2, -0.15) is 0 Å². The number of likely N-dealkylation sites (N-methyl/N-ethyl adjacent to an activating group) is 1. The molecule has 5 nitrogen and oxygen atoms in total. The van der Waals surface area contributed by atoms with E-state index in [0.717, 1.165) is 38.2 Å². The summed E-state index contributed by atoms with van der Waals surface area (Å²) < 4.78 is 0. The summed E-state index contributed by atoms with van der Waals surface area (Å²) in [5.41, 5.74) is 0.955. The van der Waals surface area contributed by atoms with E-state index in [1.54, 1.807) is 17.3 Å². The van der Waals surface area contributed by atoms with Crippen LogP contribution in [0, 0.1) is 5.92 Å². The minimum absolute atomic E-state index is 0.170. The molecule has 4 rings (SSSR count). The Kier molecular flexibility index (Phi) is 5.65. The normalized spacial score (nSPS) is 24.8. The minimum Gasteiger partial charge on any atom is -0.348 e. The van der Waals surface area contributed by atoms with Gasteiger partial charge in [0.1, 0.15) is 0 Å². The molecule has 4 heterocycles. The molecule has 2 atom stereocenters. The molecule has 2 bridgehead atoms. The van der Waals surface area contributed by atoms with Crippen molar-refractivity contribution in [1.82, 2.24) is 19.7 Å². The fourth-order valence-electron chi connectivity index (χ4n) is 3.72. The Morgan fingerprint density at radius 2 is 1.92 bits per heavy atom. The van der Waals surface area contributed by atoms with Crippen LogP contribution < -0.4 is 0 Å². The van der Waals surface area contributed by atoms with Crippen LogP contribution in [0.2, 0.25) is 10.0 Å². The molecule has 24 heavy (non-hydrogen) atoms. The van der Waals surface area contributed by atoms with E-state index in [2.05, 4.69) is 14.8 Å². The van der Waals surface area contributed by atoms with Crippen molar-refractivity contribution in [3.8, 4) is 0 Å². The molecule has 0 spiro atoms. The van der Waals surface area contributed by atoms with Gasteiger partial charge >= 0.3 is 0 Å². The van der Waals surface area contributed by atoms with Gasteiger partial charge in [0.15, 0.2) is 0 Å². The van der Waals surface area contributed by atoms with E-state index in [-0.39, 0.29) is 5.91 Å². The lowest BCUT2D eigenvalue weighted by molar-refractivity contribution is -0.130. The smallest absolute Gasteiger partial charge is 0.236 e. The number of aromatic nitrogens is 1. The van der Waals surface area contributed by atoms with Crippen LogP contribution >= 0.6 is 23.2 Å². The second-order valence-corrected chi connectivity index (χ2v) is 7.90. The SMILES string of the molecule is CN(C)C(=O)CN1C[C@H]2CC[C@@H](C1)N(Cc1c(Cl)cncc1Cl)C2. The molecule has 0 unspecified atom stereocenters. The van der Waals surface area contributed by atoms with Gasteiger partial charge in [0.2, 0.25) is 5.91 Å². The fourth-order valence-corrected chi connectivity index (χ4v) is 4.21. The van der Waals surface area contributed by atoms with Gasteiger partial charge in [-0.05, 0) is 18.8 Å². The highest BCUT2D eigenvalue weighted by Crippen LogP contribution is 2.32. The second-order valence-electron chi connectivity index (χ2n) is 7.09. The van der Waals surface area contributed by atoms with Gasteiger partial charge in [0, 0.05) is 64.3 Å². The first kappa shape index (κ1) is 17.9. The first-order valence-corrected chi connectivity index (χ1v) is 9.14. The number of rotatable bonds is 4. The van der Waals surface area contributed by atoms with E-state index >= 15 is 0 Å². The third-order valence-corrected chi connectivity index (χ3v) is 5.73. The number of pyridine rings is 1. The Labute approximate surface area is 153 Å². The predicted molar refractivity (Wildman–Crippen MR) is 96.3 cm³/mol. The zero-order valence-electron chi connectivity index (χ0n) is 14.2. The van der Waals surface area contributed by atoms with Crippen molar-refractivity contribution in [2.75, 3.05) is 40.3 Å². The highest BCUT2D eigenvalue weighted by atomic mass is 35.5. The highest BCUT2D eigenvalue weighted by Gasteiger charge is 2.35. The van der Waals surface area contributed by atoms with Crippen LogP contribution in [-0.2, 0) is 11.3 Å². The van der Waals surface area contributed by atoms with Gasteiger partial charge in [-0.25, -0.2) is 0 Å². The van der Waals surface area contributed by atoms with Gasteiger partial charge < -0.3 is 4.90 Å². The van der Waals surface area contributed by atoms with Crippen molar-refractivity contribution in [3.63, 3.8) is 0 Å². The summed E-state index contributed by atoms with van der Waals surface area (Å²) in [6.45, 7) is 4.20. The van der Waals surface area contributed by atoms with Crippen molar-refractivity contribution in [2.45, 2.75) is 25.4 Å². The Morgan fingerprint density at radius 1 is 1.21 bits per heavy atom. The molecule has 3 aliphatic heterocycles. The zero-order valence-corrected chi connectivity index (χ0v) is 15.7. The number of hydrogen-bond acceptors (Lipinski definition) is 4. The summed E-state index contributed by atoms with van der Waals surface area (Å²) in [7, 11) is 3.63. The summed E-state index contributed by atoms with van der Waals surface area (Å²) in [6.07, 6.45) is 5.70. The summed E-state index contributed by atoms with van der Waals surface area (Å²) in [5.74, 6) is 0.765. The molecule has 0 aliphatic carbocycles. The van der Waals surface area contributed by atoms with Crippen LogP contribution in [0.1, 0.15) is 18.4 Å². The molecule has 132 valence electrons. The number of fused-ring (bicyclic) bond motifs is 4. The van der Waals surface area contributed by atoms with Crippen LogP contribution in [0.4, 0.5) is 0 Å². The number of carbonyl (C=O) groups excluding carboxylic acids is 1. The van der Waals surface area contributed by atoms with Crippen molar-refractivity contribution >= 4 is 29.1 Å². The molecule has 3 saturated heterocycles. The number of hydrogen-bond donors (Lipinski definition) is 0. The molecule has 1 aromatic rings. The van der Waals surface area contributed by atoms with Gasteiger partial charge in [-0.1, -0.05) is 23.2 Å². The maximum Gasteiger partial charge on any atom is 0.236 e. The van der Waals surface area contributed by atoms with Gasteiger partial charge in [0.05, 0.1) is 16.6 Å². The number of piperidine rings is 1. The molecule has 0 N–H and O–H groups in total. The van der Waals surface area contributed by atoms with Crippen LogP contribution in [0.15, 0.2) is 12.4 Å². The standard InChI is InChI=1S/C17H24Cl2N4O/c1-21(2)17(24)11-22-7-12-3-4-13(9-22)23(8-12)10-14-15(18)5-20-6-16(14)19/h5-6,12-13H,3-4,7-11H2,1-2H3/t12-,13+/m1/s1. The summed E-state index contributed by atoms with van der Waals surface area (Å²) in [4.78, 5) is 22.5. The van der Waals surface area contributed by atoms with E-state index < -0.39 is 0 Å². The highest BCUT2D eigenvalue weighted by molar-refractivity contribution is 6.35. The Morgan fingerprint density at radius 3 is 2.58 bits per heavy atom. The first-order chi connectivity index (χ1) is 11.4. The Bertz CT molecular complexity index is 590. The van der Waals surface area contributed by atoms with Crippen molar-refractivity contribution in [2.24, 2.45) is 5.92 Å². The molecule has 3 aliphatic rings. The Hall–Kier alpha value is -0.880. The lowest BCUT2D eigenvalue weighted by Gasteiger charge is -2.36. The third kappa shape index (κ3) is 4.02. The monoisotopic (exact) mass is 370 g/mol. The topological polar surface area (TPSA) is 39.7 Å². The van der Waals surface area contributed by atoms with E-state index in [0.29, 0.717) is 28.5 Å². The van der Waals surface area contributed by atoms with E-state index in [1.165, 1.54) is 6.42 Å². The minimum atomic E-state index is 0.170. The average molecular weight is 371 g/mol. The van der Waals surface area contributed by atoms with Crippen LogP contribution in [0.5, 0.6) is 0 Å². The molecule has 0 saturated carbocycles. The summed E-state index contributed by atoms with van der Waals surface area (Å²) in [6, 6.07) is 0.444. The second kappa shape index (κ2) is 7.56. The maximum atomic E-state index is 12.0. The lowest BCUT2D eigenvalue weighted by atomic mass is 9.94. The quantitative estimate of drug-likeness (QED) is 0.815. The summed E-state index contributed by atoms with van der Waals surface area (Å²) >= 11 is 12.6. The maximum absolute atomic E-state index is 12.0. The van der Waals surface area contributed by atoms with Crippen LogP contribution in [0.25, 0.3) is 0 Å².